The average molecular weight is 485 g/mol. The first-order valence-corrected chi connectivity index (χ1v) is 10.7. The number of halogens is 4. The molecule has 0 bridgehead atoms. The maximum Gasteiger partial charge on any atom is 0.418 e. The van der Waals surface area contributed by atoms with Gasteiger partial charge in [-0.1, -0.05) is 54.0 Å². The highest BCUT2D eigenvalue weighted by molar-refractivity contribution is 9.08. The molecule has 0 spiro atoms. The van der Waals surface area contributed by atoms with E-state index in [-0.39, 0.29) is 16.4 Å². The summed E-state index contributed by atoms with van der Waals surface area (Å²) < 4.78 is 54.4. The Kier molecular flexibility index (Phi) is 6.77. The van der Waals surface area contributed by atoms with Crippen LogP contribution < -0.4 is 4.74 Å². The summed E-state index contributed by atoms with van der Waals surface area (Å²) in [6, 6.07) is 9.17. The third-order valence-corrected chi connectivity index (χ3v) is 5.67. The predicted molar refractivity (Wildman–Crippen MR) is 115 cm³/mol. The smallest absolute Gasteiger partial charge is 0.418 e. The van der Waals surface area contributed by atoms with E-state index in [0.717, 1.165) is 11.1 Å². The first kappa shape index (κ1) is 22.6. The summed E-state index contributed by atoms with van der Waals surface area (Å²) in [6.07, 6.45) is -4.55. The van der Waals surface area contributed by atoms with Gasteiger partial charge in [-0.25, -0.2) is 4.98 Å². The molecule has 3 rings (SSSR count). The summed E-state index contributed by atoms with van der Waals surface area (Å²) in [5.41, 5.74) is 1.43. The van der Waals surface area contributed by atoms with E-state index < -0.39 is 11.7 Å². The van der Waals surface area contributed by atoms with Crippen molar-refractivity contribution < 1.29 is 22.6 Å². The lowest BCUT2D eigenvalue weighted by Crippen LogP contribution is -2.11. The first-order chi connectivity index (χ1) is 14.2. The number of benzene rings is 2. The molecule has 0 saturated carbocycles. The minimum absolute atomic E-state index is 0.0392. The van der Waals surface area contributed by atoms with Crippen molar-refractivity contribution >= 4 is 27.0 Å². The van der Waals surface area contributed by atoms with Crippen LogP contribution in [0.15, 0.2) is 30.3 Å². The van der Waals surface area contributed by atoms with E-state index in [4.69, 9.17) is 9.47 Å². The number of hydrogen-bond donors (Lipinski definition) is 0. The Labute approximate surface area is 182 Å². The topological polar surface area (TPSA) is 36.3 Å². The van der Waals surface area contributed by atoms with Gasteiger partial charge in [-0.05, 0) is 23.1 Å². The highest BCUT2D eigenvalue weighted by atomic mass is 79.9. The normalized spacial score (nSPS) is 12.2. The van der Waals surface area contributed by atoms with Gasteiger partial charge >= 0.3 is 6.18 Å². The molecule has 1 aromatic heterocycles. The average Bonchev–Trinajstić information content (AvgIpc) is 3.09. The van der Waals surface area contributed by atoms with Crippen LogP contribution in [0.3, 0.4) is 0 Å². The zero-order valence-electron chi connectivity index (χ0n) is 17.3. The van der Waals surface area contributed by atoms with Gasteiger partial charge in [0.1, 0.15) is 22.6 Å². The molecule has 4 nitrogen and oxygen atoms in total. The predicted octanol–water partition coefficient (Wildman–Crippen LogP) is 6.40. The molecule has 1 heterocycles. The van der Waals surface area contributed by atoms with Crippen LogP contribution in [0.1, 0.15) is 36.5 Å². The molecule has 162 valence electrons. The Hall–Kier alpha value is -2.06. The number of fused-ring (bicyclic) bond motifs is 1. The number of alkyl halides is 4. The fourth-order valence-corrected chi connectivity index (χ4v) is 3.99. The lowest BCUT2D eigenvalue weighted by molar-refractivity contribution is -0.136. The number of aromatic nitrogens is 2. The van der Waals surface area contributed by atoms with E-state index in [0.29, 0.717) is 36.2 Å². The van der Waals surface area contributed by atoms with Crippen LogP contribution in [0.5, 0.6) is 5.75 Å². The van der Waals surface area contributed by atoms with Crippen LogP contribution in [-0.2, 0) is 22.8 Å². The van der Waals surface area contributed by atoms with Crippen molar-refractivity contribution in [3.05, 3.63) is 47.0 Å². The molecule has 0 radical (unpaired) electrons. The third-order valence-electron chi connectivity index (χ3n) is 5.07. The SMILES string of the molecule is COCCn1c(-c2ccc(C(C)C)cc2)nc2c(C(F)(F)F)c(CBr)cc(OC)c21. The molecule has 8 heteroatoms. The highest BCUT2D eigenvalue weighted by Gasteiger charge is 2.38. The van der Waals surface area contributed by atoms with Crippen molar-refractivity contribution in [3.63, 3.8) is 0 Å². The first-order valence-electron chi connectivity index (χ1n) is 9.55. The zero-order valence-corrected chi connectivity index (χ0v) is 18.9. The number of hydrogen-bond acceptors (Lipinski definition) is 3. The number of ether oxygens (including phenoxy) is 2. The Morgan fingerprint density at radius 3 is 2.30 bits per heavy atom. The van der Waals surface area contributed by atoms with Crippen LogP contribution in [0.2, 0.25) is 0 Å². The Morgan fingerprint density at radius 2 is 1.80 bits per heavy atom. The summed E-state index contributed by atoms with van der Waals surface area (Å²) in [5.74, 6) is 1.15. The molecule has 0 amide bonds. The van der Waals surface area contributed by atoms with Crippen molar-refractivity contribution in [1.82, 2.24) is 9.55 Å². The standard InChI is InChI=1S/C22H24BrF3N2O2/c1-13(2)14-5-7-15(8-6-14)21-27-19-18(22(24,25)26)16(12-23)11-17(30-4)20(19)28(21)9-10-29-3/h5-8,11,13H,9-10,12H2,1-4H3. The number of rotatable bonds is 7. The van der Waals surface area contributed by atoms with Gasteiger partial charge in [-0.3, -0.25) is 0 Å². The molecule has 0 N–H and O–H groups in total. The monoisotopic (exact) mass is 484 g/mol. The van der Waals surface area contributed by atoms with Crippen molar-refractivity contribution in [2.75, 3.05) is 20.8 Å². The molecule has 3 aromatic rings. The Morgan fingerprint density at radius 1 is 1.13 bits per heavy atom. The highest BCUT2D eigenvalue weighted by Crippen LogP contribution is 2.43. The van der Waals surface area contributed by atoms with Crippen LogP contribution >= 0.6 is 15.9 Å². The quantitative estimate of drug-likeness (QED) is 0.364. The van der Waals surface area contributed by atoms with E-state index in [1.165, 1.54) is 13.2 Å². The molecule has 0 saturated heterocycles. The van der Waals surface area contributed by atoms with E-state index in [9.17, 15) is 13.2 Å². The van der Waals surface area contributed by atoms with Gasteiger partial charge in [-0.15, -0.1) is 0 Å². The van der Waals surface area contributed by atoms with Crippen molar-refractivity contribution in [2.24, 2.45) is 0 Å². The van der Waals surface area contributed by atoms with E-state index in [1.54, 1.807) is 11.7 Å². The van der Waals surface area contributed by atoms with Crippen molar-refractivity contribution in [2.45, 2.75) is 37.8 Å². The fourth-order valence-electron chi connectivity index (χ4n) is 3.54. The van der Waals surface area contributed by atoms with Crippen LogP contribution in [0.4, 0.5) is 13.2 Å². The second kappa shape index (κ2) is 8.98. The van der Waals surface area contributed by atoms with Crippen LogP contribution in [0.25, 0.3) is 22.4 Å². The molecule has 2 aromatic carbocycles. The fraction of sp³-hybridized carbons (Fsp3) is 0.409. The molecule has 0 atom stereocenters. The number of nitrogens with zero attached hydrogens (tertiary/aromatic N) is 2. The Bertz CT molecular complexity index is 1030. The summed E-state index contributed by atoms with van der Waals surface area (Å²) in [5, 5.41) is 0.0392. The van der Waals surface area contributed by atoms with Crippen molar-refractivity contribution in [1.29, 1.82) is 0 Å². The molecule has 0 unspecified atom stereocenters. The van der Waals surface area contributed by atoms with E-state index in [2.05, 4.69) is 34.8 Å². The molecular weight excluding hydrogens is 461 g/mol. The van der Waals surface area contributed by atoms with Crippen LogP contribution in [-0.4, -0.2) is 30.4 Å². The lowest BCUT2D eigenvalue weighted by atomic mass is 10.0. The van der Waals surface area contributed by atoms with Gasteiger partial charge in [0, 0.05) is 24.5 Å². The largest absolute Gasteiger partial charge is 0.494 e. The van der Waals surface area contributed by atoms with Gasteiger partial charge in [0.2, 0.25) is 0 Å². The van der Waals surface area contributed by atoms with Crippen molar-refractivity contribution in [3.8, 4) is 17.1 Å². The van der Waals surface area contributed by atoms with Gasteiger partial charge in [0.15, 0.2) is 0 Å². The van der Waals surface area contributed by atoms with E-state index in [1.807, 2.05) is 24.3 Å². The van der Waals surface area contributed by atoms with Gasteiger partial charge in [0.05, 0.1) is 19.3 Å². The summed E-state index contributed by atoms with van der Waals surface area (Å²) in [7, 11) is 3.00. The number of imidazole rings is 1. The summed E-state index contributed by atoms with van der Waals surface area (Å²) in [6.45, 7) is 4.85. The maximum atomic E-state index is 14.0. The third kappa shape index (κ3) is 4.21. The maximum absolute atomic E-state index is 14.0. The molecule has 0 aliphatic carbocycles. The second-order valence-corrected chi connectivity index (χ2v) is 7.86. The summed E-state index contributed by atoms with van der Waals surface area (Å²) in [4.78, 5) is 4.48. The second-order valence-electron chi connectivity index (χ2n) is 7.30. The van der Waals surface area contributed by atoms with E-state index >= 15 is 0 Å². The molecular formula is C22H24BrF3N2O2. The molecule has 30 heavy (non-hydrogen) atoms. The van der Waals surface area contributed by atoms with Crippen LogP contribution in [0, 0.1) is 0 Å². The van der Waals surface area contributed by atoms with Gasteiger partial charge < -0.3 is 14.0 Å². The minimum Gasteiger partial charge on any atom is -0.494 e. The Balaban J connectivity index is 2.36. The zero-order chi connectivity index (χ0) is 22.1. The van der Waals surface area contributed by atoms with Gasteiger partial charge in [-0.2, -0.15) is 13.2 Å². The lowest BCUT2D eigenvalue weighted by Gasteiger charge is -2.16. The number of methoxy groups -OCH3 is 2. The summed E-state index contributed by atoms with van der Waals surface area (Å²) >= 11 is 3.17. The minimum atomic E-state index is -4.55. The van der Waals surface area contributed by atoms with Gasteiger partial charge in [0.25, 0.3) is 0 Å². The molecule has 0 aliphatic rings. The molecule has 0 fully saturated rings. The molecule has 0 aliphatic heterocycles.